The molecular formula is C15H21F2N. The Labute approximate surface area is 108 Å². The Morgan fingerprint density at radius 1 is 1.22 bits per heavy atom. The standard InChI is InChI=1S/C15H21F2N/c1-11(12-5-6-13(16)14(17)9-12)18-10-15(2)7-3-4-8-15/h5-6,9,11,18H,3-4,7-8,10H2,1-2H3. The molecule has 100 valence electrons. The van der Waals surface area contributed by atoms with Gasteiger partial charge in [0.05, 0.1) is 0 Å². The highest BCUT2D eigenvalue weighted by Crippen LogP contribution is 2.37. The monoisotopic (exact) mass is 253 g/mol. The van der Waals surface area contributed by atoms with Crippen LogP contribution in [0.3, 0.4) is 0 Å². The Bertz CT molecular complexity index is 411. The van der Waals surface area contributed by atoms with Crippen molar-refractivity contribution < 1.29 is 8.78 Å². The second kappa shape index (κ2) is 5.35. The van der Waals surface area contributed by atoms with E-state index in [2.05, 4.69) is 12.2 Å². The Morgan fingerprint density at radius 3 is 2.50 bits per heavy atom. The third-order valence-corrected chi connectivity index (χ3v) is 4.09. The molecule has 0 aromatic heterocycles. The lowest BCUT2D eigenvalue weighted by atomic mass is 9.88. The summed E-state index contributed by atoms with van der Waals surface area (Å²) in [5, 5.41) is 3.44. The van der Waals surface area contributed by atoms with Crippen molar-refractivity contribution >= 4 is 0 Å². The summed E-state index contributed by atoms with van der Waals surface area (Å²) >= 11 is 0. The predicted molar refractivity (Wildman–Crippen MR) is 69.4 cm³/mol. The van der Waals surface area contributed by atoms with Crippen LogP contribution in [0.4, 0.5) is 8.78 Å². The van der Waals surface area contributed by atoms with E-state index in [1.807, 2.05) is 6.92 Å². The van der Waals surface area contributed by atoms with Crippen molar-refractivity contribution in [1.82, 2.24) is 5.32 Å². The molecule has 1 aliphatic carbocycles. The Morgan fingerprint density at radius 2 is 1.89 bits per heavy atom. The molecule has 1 unspecified atom stereocenters. The van der Waals surface area contributed by atoms with E-state index in [4.69, 9.17) is 0 Å². The third kappa shape index (κ3) is 3.08. The maximum Gasteiger partial charge on any atom is 0.159 e. The van der Waals surface area contributed by atoms with Gasteiger partial charge in [-0.05, 0) is 42.9 Å². The summed E-state index contributed by atoms with van der Waals surface area (Å²) in [6, 6.07) is 4.18. The summed E-state index contributed by atoms with van der Waals surface area (Å²) in [7, 11) is 0. The largest absolute Gasteiger partial charge is 0.310 e. The number of rotatable bonds is 4. The van der Waals surface area contributed by atoms with Crippen molar-refractivity contribution in [2.45, 2.75) is 45.6 Å². The summed E-state index contributed by atoms with van der Waals surface area (Å²) in [5.41, 5.74) is 1.17. The number of hydrogen-bond acceptors (Lipinski definition) is 1. The van der Waals surface area contributed by atoms with Crippen LogP contribution in [-0.4, -0.2) is 6.54 Å². The van der Waals surface area contributed by atoms with E-state index in [9.17, 15) is 8.78 Å². The number of halogens is 2. The molecule has 0 saturated heterocycles. The Hall–Kier alpha value is -0.960. The zero-order valence-corrected chi connectivity index (χ0v) is 11.1. The van der Waals surface area contributed by atoms with Crippen LogP contribution < -0.4 is 5.32 Å². The molecule has 1 aliphatic rings. The molecule has 3 heteroatoms. The molecule has 0 radical (unpaired) electrons. The summed E-state index contributed by atoms with van der Waals surface area (Å²) in [6.07, 6.45) is 5.12. The van der Waals surface area contributed by atoms with Crippen LogP contribution in [0.15, 0.2) is 18.2 Å². The van der Waals surface area contributed by atoms with Crippen LogP contribution in [-0.2, 0) is 0 Å². The number of benzene rings is 1. The molecule has 1 nitrogen and oxygen atoms in total. The smallest absolute Gasteiger partial charge is 0.159 e. The van der Waals surface area contributed by atoms with Gasteiger partial charge in [0, 0.05) is 12.6 Å². The van der Waals surface area contributed by atoms with E-state index < -0.39 is 11.6 Å². The van der Waals surface area contributed by atoms with Crippen LogP contribution >= 0.6 is 0 Å². The SMILES string of the molecule is CC(NCC1(C)CCCC1)c1ccc(F)c(F)c1. The minimum absolute atomic E-state index is 0.0533. The minimum Gasteiger partial charge on any atom is -0.310 e. The second-order valence-corrected chi connectivity index (χ2v) is 5.79. The van der Waals surface area contributed by atoms with Crippen LogP contribution in [0, 0.1) is 17.0 Å². The first-order valence-electron chi connectivity index (χ1n) is 6.68. The topological polar surface area (TPSA) is 12.0 Å². The van der Waals surface area contributed by atoms with Gasteiger partial charge in [0.1, 0.15) is 0 Å². The van der Waals surface area contributed by atoms with Gasteiger partial charge in [0.25, 0.3) is 0 Å². The zero-order chi connectivity index (χ0) is 13.2. The van der Waals surface area contributed by atoms with Crippen molar-refractivity contribution in [3.8, 4) is 0 Å². The lowest BCUT2D eigenvalue weighted by Gasteiger charge is -2.26. The summed E-state index contributed by atoms with van der Waals surface area (Å²) in [5.74, 6) is -1.55. The molecule has 0 amide bonds. The lowest BCUT2D eigenvalue weighted by molar-refractivity contribution is 0.301. The maximum atomic E-state index is 13.2. The third-order valence-electron chi connectivity index (χ3n) is 4.09. The van der Waals surface area contributed by atoms with Crippen molar-refractivity contribution in [1.29, 1.82) is 0 Å². The Balaban J connectivity index is 1.94. The Kier molecular flexibility index (Phi) is 4.00. The van der Waals surface area contributed by atoms with Gasteiger partial charge in [0.15, 0.2) is 11.6 Å². The van der Waals surface area contributed by atoms with E-state index in [1.165, 1.54) is 37.8 Å². The fourth-order valence-corrected chi connectivity index (χ4v) is 2.70. The van der Waals surface area contributed by atoms with Crippen LogP contribution in [0.25, 0.3) is 0 Å². The molecule has 1 fully saturated rings. The van der Waals surface area contributed by atoms with Crippen LogP contribution in [0.1, 0.15) is 51.1 Å². The number of nitrogens with one attached hydrogen (secondary N) is 1. The zero-order valence-electron chi connectivity index (χ0n) is 11.1. The summed E-state index contributed by atoms with van der Waals surface area (Å²) < 4.78 is 26.0. The average Bonchev–Trinajstić information content (AvgIpc) is 2.77. The quantitative estimate of drug-likeness (QED) is 0.848. The molecule has 1 N–H and O–H groups in total. The lowest BCUT2D eigenvalue weighted by Crippen LogP contribution is -2.31. The van der Waals surface area contributed by atoms with Crippen molar-refractivity contribution in [3.05, 3.63) is 35.4 Å². The number of hydrogen-bond donors (Lipinski definition) is 1. The first-order chi connectivity index (χ1) is 8.50. The minimum atomic E-state index is -0.784. The van der Waals surface area contributed by atoms with E-state index in [1.54, 1.807) is 6.07 Å². The van der Waals surface area contributed by atoms with Gasteiger partial charge in [0.2, 0.25) is 0 Å². The predicted octanol–water partition coefficient (Wildman–Crippen LogP) is 4.20. The fourth-order valence-electron chi connectivity index (χ4n) is 2.70. The molecular weight excluding hydrogens is 232 g/mol. The maximum absolute atomic E-state index is 13.2. The first kappa shape index (κ1) is 13.5. The second-order valence-electron chi connectivity index (χ2n) is 5.79. The molecule has 0 bridgehead atoms. The molecule has 1 aromatic carbocycles. The molecule has 0 heterocycles. The molecule has 1 atom stereocenters. The van der Waals surface area contributed by atoms with Crippen LogP contribution in [0.2, 0.25) is 0 Å². The van der Waals surface area contributed by atoms with Crippen LogP contribution in [0.5, 0.6) is 0 Å². The summed E-state index contributed by atoms with van der Waals surface area (Å²) in [6.45, 7) is 5.23. The van der Waals surface area contributed by atoms with E-state index in [0.717, 1.165) is 12.1 Å². The molecule has 18 heavy (non-hydrogen) atoms. The highest BCUT2D eigenvalue weighted by Gasteiger charge is 2.28. The van der Waals surface area contributed by atoms with E-state index in [-0.39, 0.29) is 6.04 Å². The van der Waals surface area contributed by atoms with Crippen molar-refractivity contribution in [2.24, 2.45) is 5.41 Å². The van der Waals surface area contributed by atoms with Gasteiger partial charge < -0.3 is 5.32 Å². The van der Waals surface area contributed by atoms with E-state index >= 15 is 0 Å². The molecule has 1 aromatic rings. The van der Waals surface area contributed by atoms with Gasteiger partial charge in [-0.25, -0.2) is 8.78 Å². The van der Waals surface area contributed by atoms with Gasteiger partial charge in [-0.3, -0.25) is 0 Å². The highest BCUT2D eigenvalue weighted by atomic mass is 19.2. The summed E-state index contributed by atoms with van der Waals surface area (Å²) in [4.78, 5) is 0. The van der Waals surface area contributed by atoms with Crippen molar-refractivity contribution in [2.75, 3.05) is 6.54 Å². The van der Waals surface area contributed by atoms with Gasteiger partial charge in [-0.1, -0.05) is 25.8 Å². The molecule has 1 saturated carbocycles. The molecule has 0 aliphatic heterocycles. The van der Waals surface area contributed by atoms with Gasteiger partial charge >= 0.3 is 0 Å². The molecule has 0 spiro atoms. The highest BCUT2D eigenvalue weighted by molar-refractivity contribution is 5.20. The van der Waals surface area contributed by atoms with Gasteiger partial charge in [-0.2, -0.15) is 0 Å². The van der Waals surface area contributed by atoms with Crippen molar-refractivity contribution in [3.63, 3.8) is 0 Å². The molecule has 2 rings (SSSR count). The first-order valence-corrected chi connectivity index (χ1v) is 6.68. The van der Waals surface area contributed by atoms with Gasteiger partial charge in [-0.15, -0.1) is 0 Å². The average molecular weight is 253 g/mol. The fraction of sp³-hybridized carbons (Fsp3) is 0.600. The van der Waals surface area contributed by atoms with E-state index in [0.29, 0.717) is 5.41 Å². The normalized spacial score (nSPS) is 20.0.